The maximum Gasteiger partial charge on any atom is 0.260 e. The maximum absolute atomic E-state index is 12.5. The number of nitrogens with one attached hydrogen (secondary N) is 2. The minimum atomic E-state index is -0.483. The topological polar surface area (TPSA) is 106 Å². The SMILES string of the molecule is N#CCc1ccc(N/C=C2/C(=O)NC(=O)c3ccc(-c4ccc(C#N)cc4)cc32)cc1. The van der Waals surface area contributed by atoms with E-state index in [2.05, 4.69) is 22.8 Å². The largest absolute Gasteiger partial charge is 0.361 e. The van der Waals surface area contributed by atoms with E-state index in [4.69, 9.17) is 10.5 Å². The standard InChI is InChI=1S/C25H16N4O2/c26-12-11-16-3-8-20(9-4-16)28-15-23-22-13-19(18-5-1-17(14-27)2-6-18)7-10-21(22)24(30)29-25(23)31/h1-10,13,15,28H,11H2,(H,29,30,31)/b23-15+. The highest BCUT2D eigenvalue weighted by Gasteiger charge is 2.27. The first kappa shape index (κ1) is 19.6. The minimum absolute atomic E-state index is 0.331. The summed E-state index contributed by atoms with van der Waals surface area (Å²) in [5, 5.41) is 23.2. The highest BCUT2D eigenvalue weighted by Crippen LogP contribution is 2.30. The smallest absolute Gasteiger partial charge is 0.260 e. The number of amides is 2. The molecule has 0 fully saturated rings. The van der Waals surface area contributed by atoms with Crippen LogP contribution in [0.25, 0.3) is 16.7 Å². The lowest BCUT2D eigenvalue weighted by Gasteiger charge is -2.19. The van der Waals surface area contributed by atoms with Crippen molar-refractivity contribution in [1.29, 1.82) is 10.5 Å². The van der Waals surface area contributed by atoms with Crippen molar-refractivity contribution in [3.63, 3.8) is 0 Å². The van der Waals surface area contributed by atoms with Crippen LogP contribution in [-0.4, -0.2) is 11.8 Å². The molecular formula is C25H16N4O2. The van der Waals surface area contributed by atoms with Crippen molar-refractivity contribution in [3.8, 4) is 23.3 Å². The summed E-state index contributed by atoms with van der Waals surface area (Å²) < 4.78 is 0. The van der Waals surface area contributed by atoms with E-state index >= 15 is 0 Å². The number of benzene rings is 3. The van der Waals surface area contributed by atoms with Crippen LogP contribution in [0.5, 0.6) is 0 Å². The summed E-state index contributed by atoms with van der Waals surface area (Å²) in [6.45, 7) is 0. The van der Waals surface area contributed by atoms with Crippen molar-refractivity contribution in [3.05, 3.63) is 95.2 Å². The molecule has 1 heterocycles. The van der Waals surface area contributed by atoms with Gasteiger partial charge >= 0.3 is 0 Å². The average Bonchev–Trinajstić information content (AvgIpc) is 2.80. The molecule has 4 rings (SSSR count). The Labute approximate surface area is 179 Å². The van der Waals surface area contributed by atoms with E-state index in [0.29, 0.717) is 28.7 Å². The fourth-order valence-electron chi connectivity index (χ4n) is 3.35. The molecule has 0 saturated carbocycles. The molecule has 0 atom stereocenters. The van der Waals surface area contributed by atoms with Crippen molar-refractivity contribution in [2.45, 2.75) is 6.42 Å². The number of rotatable bonds is 4. The van der Waals surface area contributed by atoms with Crippen molar-refractivity contribution in [2.75, 3.05) is 5.32 Å². The number of nitrogens with zero attached hydrogens (tertiary/aromatic N) is 2. The lowest BCUT2D eigenvalue weighted by molar-refractivity contribution is -0.114. The van der Waals surface area contributed by atoms with Crippen LogP contribution in [0, 0.1) is 22.7 Å². The fourth-order valence-corrected chi connectivity index (χ4v) is 3.35. The zero-order valence-electron chi connectivity index (χ0n) is 16.3. The van der Waals surface area contributed by atoms with Gasteiger partial charge in [-0.3, -0.25) is 14.9 Å². The minimum Gasteiger partial charge on any atom is -0.361 e. The first-order valence-corrected chi connectivity index (χ1v) is 9.52. The van der Waals surface area contributed by atoms with E-state index in [0.717, 1.165) is 22.4 Å². The van der Waals surface area contributed by atoms with Crippen LogP contribution in [0.2, 0.25) is 0 Å². The third-order valence-electron chi connectivity index (χ3n) is 4.99. The van der Waals surface area contributed by atoms with E-state index in [-0.39, 0.29) is 0 Å². The Bertz CT molecular complexity index is 1290. The van der Waals surface area contributed by atoms with Gasteiger partial charge in [-0.15, -0.1) is 0 Å². The third kappa shape index (κ3) is 4.05. The van der Waals surface area contributed by atoms with Crippen LogP contribution >= 0.6 is 0 Å². The first-order chi connectivity index (χ1) is 15.1. The van der Waals surface area contributed by atoms with Gasteiger partial charge in [0.1, 0.15) is 0 Å². The molecule has 1 aliphatic heterocycles. The van der Waals surface area contributed by atoms with E-state index in [1.807, 2.05) is 42.5 Å². The molecule has 31 heavy (non-hydrogen) atoms. The molecule has 0 bridgehead atoms. The van der Waals surface area contributed by atoms with Gasteiger partial charge in [0.2, 0.25) is 0 Å². The first-order valence-electron chi connectivity index (χ1n) is 9.52. The quantitative estimate of drug-likeness (QED) is 0.505. The monoisotopic (exact) mass is 404 g/mol. The highest BCUT2D eigenvalue weighted by atomic mass is 16.2. The Morgan fingerprint density at radius 2 is 1.55 bits per heavy atom. The average molecular weight is 404 g/mol. The number of carbonyl (C=O) groups excluding carboxylic acids is 2. The van der Waals surface area contributed by atoms with Gasteiger partial charge in [-0.05, 0) is 53.1 Å². The zero-order valence-corrected chi connectivity index (χ0v) is 16.3. The van der Waals surface area contributed by atoms with Gasteiger partial charge in [0, 0.05) is 23.0 Å². The second kappa shape index (κ2) is 8.36. The lowest BCUT2D eigenvalue weighted by Crippen LogP contribution is -2.36. The molecule has 0 unspecified atom stereocenters. The number of hydrogen-bond acceptors (Lipinski definition) is 5. The van der Waals surface area contributed by atoms with E-state index < -0.39 is 11.8 Å². The zero-order chi connectivity index (χ0) is 21.8. The highest BCUT2D eigenvalue weighted by molar-refractivity contribution is 6.31. The van der Waals surface area contributed by atoms with Gasteiger partial charge in [-0.2, -0.15) is 10.5 Å². The van der Waals surface area contributed by atoms with Gasteiger partial charge in [0.25, 0.3) is 11.8 Å². The van der Waals surface area contributed by atoms with Crippen molar-refractivity contribution in [1.82, 2.24) is 5.32 Å². The summed E-state index contributed by atoms with van der Waals surface area (Å²) in [4.78, 5) is 24.9. The molecule has 3 aromatic rings. The fraction of sp³-hybridized carbons (Fsp3) is 0.0400. The summed E-state index contributed by atoms with van der Waals surface area (Å²) in [6, 6.07) is 23.9. The molecule has 0 radical (unpaired) electrons. The van der Waals surface area contributed by atoms with Gasteiger partial charge in [-0.25, -0.2) is 0 Å². The Morgan fingerprint density at radius 3 is 2.23 bits per heavy atom. The second-order valence-corrected chi connectivity index (χ2v) is 6.97. The molecule has 148 valence electrons. The summed E-state index contributed by atoms with van der Waals surface area (Å²) in [6.07, 6.45) is 1.90. The predicted molar refractivity (Wildman–Crippen MR) is 116 cm³/mol. The molecule has 0 aromatic heterocycles. The molecular weight excluding hydrogens is 388 g/mol. The van der Waals surface area contributed by atoms with Crippen LogP contribution < -0.4 is 10.6 Å². The molecule has 2 amide bonds. The van der Waals surface area contributed by atoms with Gasteiger partial charge in [-0.1, -0.05) is 30.3 Å². The normalized spacial score (nSPS) is 13.7. The molecule has 0 saturated heterocycles. The van der Waals surface area contributed by atoms with Crippen LogP contribution in [0.3, 0.4) is 0 Å². The van der Waals surface area contributed by atoms with Crippen LogP contribution in [0.15, 0.2) is 72.9 Å². The Kier molecular flexibility index (Phi) is 5.29. The Morgan fingerprint density at radius 1 is 0.839 bits per heavy atom. The summed E-state index contributed by atoms with van der Waals surface area (Å²) in [5.74, 6) is -0.924. The van der Waals surface area contributed by atoms with Crippen molar-refractivity contribution >= 4 is 23.1 Å². The molecule has 3 aromatic carbocycles. The second-order valence-electron chi connectivity index (χ2n) is 6.97. The van der Waals surface area contributed by atoms with Crippen molar-refractivity contribution < 1.29 is 9.59 Å². The van der Waals surface area contributed by atoms with Crippen LogP contribution in [-0.2, 0) is 11.2 Å². The Balaban J connectivity index is 1.69. The molecule has 0 aliphatic carbocycles. The number of nitriles is 2. The van der Waals surface area contributed by atoms with Crippen LogP contribution in [0.1, 0.15) is 27.0 Å². The number of fused-ring (bicyclic) bond motifs is 1. The molecule has 2 N–H and O–H groups in total. The van der Waals surface area contributed by atoms with Crippen molar-refractivity contribution in [2.24, 2.45) is 0 Å². The number of imide groups is 1. The van der Waals surface area contributed by atoms with Gasteiger partial charge in [0.15, 0.2) is 0 Å². The van der Waals surface area contributed by atoms with Gasteiger partial charge in [0.05, 0.1) is 29.7 Å². The summed E-state index contributed by atoms with van der Waals surface area (Å²) >= 11 is 0. The summed E-state index contributed by atoms with van der Waals surface area (Å²) in [5.41, 5.74) is 5.20. The Hall–Kier alpha value is -4.68. The number of carbonyl (C=O) groups is 2. The molecule has 1 aliphatic rings. The third-order valence-corrected chi connectivity index (χ3v) is 4.99. The molecule has 6 heteroatoms. The molecule has 0 spiro atoms. The van der Waals surface area contributed by atoms with E-state index in [9.17, 15) is 9.59 Å². The summed E-state index contributed by atoms with van der Waals surface area (Å²) in [7, 11) is 0. The maximum atomic E-state index is 12.5. The van der Waals surface area contributed by atoms with E-state index in [1.165, 1.54) is 0 Å². The lowest BCUT2D eigenvalue weighted by atomic mass is 9.91. The molecule has 6 nitrogen and oxygen atoms in total. The number of anilines is 1. The predicted octanol–water partition coefficient (Wildman–Crippen LogP) is 4.01. The van der Waals surface area contributed by atoms with Crippen LogP contribution in [0.4, 0.5) is 5.69 Å². The number of hydrogen-bond donors (Lipinski definition) is 2. The van der Waals surface area contributed by atoms with Gasteiger partial charge < -0.3 is 5.32 Å². The van der Waals surface area contributed by atoms with E-state index in [1.54, 1.807) is 30.5 Å².